The number of nitrogens with two attached hydrogens (primary N) is 1. The first-order valence-electron chi connectivity index (χ1n) is 5.45. The van der Waals surface area contributed by atoms with Gasteiger partial charge in [-0.3, -0.25) is 0 Å². The summed E-state index contributed by atoms with van der Waals surface area (Å²) >= 11 is 8.11. The number of thiocarbonyl (C=S) groups is 2. The van der Waals surface area contributed by atoms with Gasteiger partial charge in [-0.2, -0.15) is 0 Å². The molecule has 1 rings (SSSR count). The summed E-state index contributed by atoms with van der Waals surface area (Å²) in [7, 11) is 0. The van der Waals surface area contributed by atoms with Gasteiger partial charge in [-0.1, -0.05) is 38.5 Å². The summed E-state index contributed by atoms with van der Waals surface area (Å²) in [6.07, 6.45) is 9.00. The van der Waals surface area contributed by atoms with E-state index in [2.05, 4.69) is 35.5 Å². The van der Waals surface area contributed by atoms with Crippen LogP contribution in [0, 0.1) is 0 Å². The average molecular weight is 308 g/mol. The monoisotopic (exact) mass is 308 g/mol. The molecule has 1 aliphatic carbocycles. The van der Waals surface area contributed by atoms with Crippen molar-refractivity contribution in [2.45, 2.75) is 45.4 Å². The Morgan fingerprint density at radius 3 is 1.33 bits per heavy atom. The van der Waals surface area contributed by atoms with Gasteiger partial charge < -0.3 is 26.7 Å². The molecular formula is C10H25N2NaO3S2. The van der Waals surface area contributed by atoms with Crippen molar-refractivity contribution in [1.82, 2.24) is 5.32 Å². The maximum absolute atomic E-state index is 8.17. The molecule has 0 spiro atoms. The van der Waals surface area contributed by atoms with E-state index in [4.69, 9.17) is 10.2 Å². The van der Waals surface area contributed by atoms with Crippen molar-refractivity contribution in [2.75, 3.05) is 6.54 Å². The molecule has 0 amide bonds. The van der Waals surface area contributed by atoms with Gasteiger partial charge >= 0.3 is 29.6 Å². The van der Waals surface area contributed by atoms with Gasteiger partial charge in [0.15, 0.2) is 0 Å². The average Bonchev–Trinajstić information content (AvgIpc) is 2.20. The number of nitrogens with one attached hydrogen (secondary N) is 1. The standard InChI is InChI=1S/C6H12.C3H7NOS.CH3NOS.Na.H2O.H/c1-2-4-6-5-3-1;1-2-4-3(5)6;2-1(3)4;;;/h1-6H2;2H2,1H3,(H2,4,5,6);(H3,2,3,4);;1H2;. The quantitative estimate of drug-likeness (QED) is 0.426. The Bertz CT molecular complexity index is 178. The van der Waals surface area contributed by atoms with Crippen LogP contribution in [0.3, 0.4) is 0 Å². The molecule has 0 aliphatic heterocycles. The van der Waals surface area contributed by atoms with Crippen molar-refractivity contribution in [3.63, 3.8) is 0 Å². The topological polar surface area (TPSA) is 110 Å². The summed E-state index contributed by atoms with van der Waals surface area (Å²) in [4.78, 5) is 0. The van der Waals surface area contributed by atoms with E-state index in [0.29, 0.717) is 6.54 Å². The Morgan fingerprint density at radius 1 is 1.06 bits per heavy atom. The SMILES string of the molecule is C1CCCCC1.CCNC(O)=S.NC(O)=S.O.[NaH]. The van der Waals surface area contributed by atoms with Gasteiger partial charge in [-0.25, -0.2) is 0 Å². The van der Waals surface area contributed by atoms with Crippen LogP contribution in [0.15, 0.2) is 0 Å². The van der Waals surface area contributed by atoms with Crippen LogP contribution in [0.1, 0.15) is 45.4 Å². The first kappa shape index (κ1) is 26.8. The second-order valence-corrected chi connectivity index (χ2v) is 4.10. The summed E-state index contributed by atoms with van der Waals surface area (Å²) in [5, 5.41) is 17.6. The van der Waals surface area contributed by atoms with Crippen molar-refractivity contribution in [1.29, 1.82) is 0 Å². The third kappa shape index (κ3) is 44.1. The van der Waals surface area contributed by atoms with Crippen molar-refractivity contribution in [3.8, 4) is 0 Å². The van der Waals surface area contributed by atoms with E-state index in [1.807, 2.05) is 6.92 Å². The summed E-state index contributed by atoms with van der Waals surface area (Å²) in [6.45, 7) is 2.55. The maximum atomic E-state index is 8.17. The number of hydrogen-bond donors (Lipinski definition) is 4. The van der Waals surface area contributed by atoms with Gasteiger partial charge in [0.2, 0.25) is 0 Å². The molecule has 0 aromatic heterocycles. The number of rotatable bonds is 1. The molecule has 1 fully saturated rings. The van der Waals surface area contributed by atoms with Gasteiger partial charge in [0.25, 0.3) is 10.3 Å². The summed E-state index contributed by atoms with van der Waals surface area (Å²) in [5.74, 6) is 0. The van der Waals surface area contributed by atoms with Gasteiger partial charge in [0.05, 0.1) is 0 Å². The molecule has 0 aromatic rings. The molecule has 1 saturated carbocycles. The molecule has 0 saturated heterocycles. The predicted octanol–water partition coefficient (Wildman–Crippen LogP) is 1.09. The second kappa shape index (κ2) is 22.5. The Labute approximate surface area is 142 Å². The fourth-order valence-electron chi connectivity index (χ4n) is 1.21. The Morgan fingerprint density at radius 2 is 1.28 bits per heavy atom. The van der Waals surface area contributed by atoms with E-state index in [-0.39, 0.29) is 40.2 Å². The van der Waals surface area contributed by atoms with Crippen LogP contribution >= 0.6 is 24.4 Å². The molecule has 18 heavy (non-hydrogen) atoms. The predicted molar refractivity (Wildman–Crippen MR) is 86.8 cm³/mol. The van der Waals surface area contributed by atoms with E-state index in [9.17, 15) is 0 Å². The molecule has 0 aromatic carbocycles. The zero-order valence-electron chi connectivity index (χ0n) is 10.2. The third-order valence-electron chi connectivity index (χ3n) is 1.83. The zero-order chi connectivity index (χ0) is 12.8. The normalized spacial score (nSPS) is 11.8. The van der Waals surface area contributed by atoms with Crippen molar-refractivity contribution in [3.05, 3.63) is 0 Å². The van der Waals surface area contributed by atoms with Crippen molar-refractivity contribution < 1.29 is 15.7 Å². The molecule has 0 radical (unpaired) electrons. The van der Waals surface area contributed by atoms with Crippen LogP contribution in [-0.4, -0.2) is 62.1 Å². The fourth-order valence-corrected chi connectivity index (χ4v) is 1.36. The number of hydrogen-bond acceptors (Lipinski definition) is 2. The molecule has 106 valence electrons. The van der Waals surface area contributed by atoms with Crippen LogP contribution in [0.5, 0.6) is 0 Å². The van der Waals surface area contributed by atoms with Gasteiger partial charge in [-0.15, -0.1) is 0 Å². The van der Waals surface area contributed by atoms with Crippen molar-refractivity contribution in [2.24, 2.45) is 5.73 Å². The minimum atomic E-state index is -0.500. The molecule has 5 nitrogen and oxygen atoms in total. The second-order valence-electron chi connectivity index (χ2n) is 3.30. The molecule has 8 heteroatoms. The van der Waals surface area contributed by atoms with E-state index in [1.165, 1.54) is 38.5 Å². The van der Waals surface area contributed by atoms with E-state index < -0.39 is 5.17 Å². The van der Waals surface area contributed by atoms with E-state index >= 15 is 0 Å². The van der Waals surface area contributed by atoms with Crippen LogP contribution in [0.2, 0.25) is 0 Å². The molecule has 0 bridgehead atoms. The summed E-state index contributed by atoms with van der Waals surface area (Å²) in [5.41, 5.74) is 4.40. The molecule has 0 atom stereocenters. The van der Waals surface area contributed by atoms with Crippen molar-refractivity contribution >= 4 is 64.3 Å². The first-order chi connectivity index (χ1) is 7.50. The number of aliphatic hydroxyl groups is 2. The van der Waals surface area contributed by atoms with Gasteiger partial charge in [0, 0.05) is 6.54 Å². The molecule has 1 aliphatic rings. The number of aliphatic hydroxyl groups excluding tert-OH is 2. The van der Waals surface area contributed by atoms with Crippen LogP contribution in [0.4, 0.5) is 0 Å². The summed E-state index contributed by atoms with van der Waals surface area (Å²) in [6, 6.07) is 0. The van der Waals surface area contributed by atoms with Crippen LogP contribution in [-0.2, 0) is 0 Å². The summed E-state index contributed by atoms with van der Waals surface area (Å²) < 4.78 is 0. The van der Waals surface area contributed by atoms with Gasteiger partial charge in [-0.05, 0) is 31.4 Å². The fraction of sp³-hybridized carbons (Fsp3) is 0.800. The molecule has 0 unspecified atom stereocenters. The molecule has 7 N–H and O–H groups in total. The van der Waals surface area contributed by atoms with Gasteiger partial charge in [0.1, 0.15) is 0 Å². The first-order valence-corrected chi connectivity index (χ1v) is 6.27. The Hall–Kier alpha value is 0.340. The Balaban J connectivity index is -0.0000000792. The zero-order valence-corrected chi connectivity index (χ0v) is 11.9. The Kier molecular flexibility index (Phi) is 33.5. The van der Waals surface area contributed by atoms with Crippen LogP contribution in [0.25, 0.3) is 0 Å². The van der Waals surface area contributed by atoms with E-state index in [1.54, 1.807) is 0 Å². The van der Waals surface area contributed by atoms with E-state index in [0.717, 1.165) is 0 Å². The molecule has 0 heterocycles. The van der Waals surface area contributed by atoms with Crippen LogP contribution < -0.4 is 11.1 Å². The minimum absolute atomic E-state index is 0. The third-order valence-corrected chi connectivity index (χ3v) is 1.97. The molecular weight excluding hydrogens is 283 g/mol.